The van der Waals surface area contributed by atoms with Crippen molar-refractivity contribution in [2.24, 2.45) is 0 Å². The Hall–Kier alpha value is -6.38. The van der Waals surface area contributed by atoms with Crippen LogP contribution < -0.4 is 9.80 Å². The van der Waals surface area contributed by atoms with Crippen LogP contribution in [0.4, 0.5) is 22.7 Å². The van der Waals surface area contributed by atoms with Gasteiger partial charge in [0, 0.05) is 45.2 Å². The maximum Gasteiger partial charge on any atom is 0.0559 e. The van der Waals surface area contributed by atoms with Gasteiger partial charge in [-0.05, 0) is 112 Å². The quantitative estimate of drug-likeness (QED) is 0.143. The molecule has 0 saturated heterocycles. The molecule has 58 heavy (non-hydrogen) atoms. The summed E-state index contributed by atoms with van der Waals surface area (Å²) in [6.07, 6.45) is 20.6. The van der Waals surface area contributed by atoms with Crippen LogP contribution in [0.1, 0.15) is 79.8 Å². The summed E-state index contributed by atoms with van der Waals surface area (Å²) in [5, 5.41) is 0. The van der Waals surface area contributed by atoms with Crippen molar-refractivity contribution in [2.75, 3.05) is 9.80 Å². The molecular weight excluding hydrogens is 701 g/mol. The second-order valence-electron chi connectivity index (χ2n) is 17.3. The van der Waals surface area contributed by atoms with E-state index < -0.39 is 0 Å². The highest BCUT2D eigenvalue weighted by atomic mass is 15.2. The average Bonchev–Trinajstić information content (AvgIpc) is 3.63. The zero-order valence-electron chi connectivity index (χ0n) is 33.9. The molecular formula is C56H50N2. The standard InChI is InChI=1S/C56H50N2/c1-55(2)51-35-39(27-31-47(51)49-33-29-45(37-53(49)55)57(41-17-9-5-10-18-41)42-19-11-6-12-20-42)25-26-40-28-32-48-50-34-30-46(38-54(50)56(3,4)52(48)36-40)58(43-21-13-7-14-22-43)44-23-15-8-16-24-44/h5-23,25-33,35-38,44,50H,24,34H2,1-4H3/b26-25+. The number of para-hydroxylation sites is 3. The Morgan fingerprint density at radius 3 is 1.76 bits per heavy atom. The lowest BCUT2D eigenvalue weighted by Gasteiger charge is -2.37. The molecule has 10 rings (SSSR count). The molecule has 0 heterocycles. The molecule has 4 aliphatic rings. The molecule has 0 aromatic heterocycles. The van der Waals surface area contributed by atoms with E-state index in [4.69, 9.17) is 0 Å². The van der Waals surface area contributed by atoms with Gasteiger partial charge in [0.05, 0.1) is 6.04 Å². The number of hydrogen-bond acceptors (Lipinski definition) is 2. The number of rotatable bonds is 8. The van der Waals surface area contributed by atoms with E-state index in [1.807, 2.05) is 0 Å². The highest BCUT2D eigenvalue weighted by Crippen LogP contribution is 2.55. The summed E-state index contributed by atoms with van der Waals surface area (Å²) in [6.45, 7) is 9.61. The van der Waals surface area contributed by atoms with Gasteiger partial charge in [0.15, 0.2) is 0 Å². The van der Waals surface area contributed by atoms with Gasteiger partial charge >= 0.3 is 0 Å². The number of allylic oxidation sites excluding steroid dienone is 5. The lowest BCUT2D eigenvalue weighted by atomic mass is 9.78. The number of anilines is 4. The van der Waals surface area contributed by atoms with Crippen LogP contribution in [0.15, 0.2) is 193 Å². The zero-order chi connectivity index (χ0) is 39.4. The Labute approximate surface area is 344 Å². The monoisotopic (exact) mass is 750 g/mol. The van der Waals surface area contributed by atoms with Crippen LogP contribution in [0.5, 0.6) is 0 Å². The number of nitrogens with zero attached hydrogens (tertiary/aromatic N) is 2. The molecule has 0 saturated carbocycles. The molecule has 284 valence electrons. The van der Waals surface area contributed by atoms with Crippen LogP contribution >= 0.6 is 0 Å². The first-order valence-electron chi connectivity index (χ1n) is 20.9. The van der Waals surface area contributed by atoms with Gasteiger partial charge in [0.2, 0.25) is 0 Å². The number of fused-ring (bicyclic) bond motifs is 6. The third-order valence-corrected chi connectivity index (χ3v) is 13.1. The molecule has 4 aliphatic carbocycles. The Morgan fingerprint density at radius 2 is 1.12 bits per heavy atom. The van der Waals surface area contributed by atoms with Crippen LogP contribution in [0, 0.1) is 0 Å². The van der Waals surface area contributed by atoms with Gasteiger partial charge in [0.1, 0.15) is 0 Å². The second-order valence-corrected chi connectivity index (χ2v) is 17.3. The summed E-state index contributed by atoms with van der Waals surface area (Å²) in [5.74, 6) is 0.416. The Morgan fingerprint density at radius 1 is 0.534 bits per heavy atom. The molecule has 0 fully saturated rings. The minimum absolute atomic E-state index is 0.0626. The molecule has 2 atom stereocenters. The van der Waals surface area contributed by atoms with E-state index in [9.17, 15) is 0 Å². The molecule has 0 bridgehead atoms. The van der Waals surface area contributed by atoms with Crippen molar-refractivity contribution >= 4 is 34.9 Å². The largest absolute Gasteiger partial charge is 0.335 e. The van der Waals surface area contributed by atoms with E-state index in [2.05, 4.69) is 232 Å². The van der Waals surface area contributed by atoms with Crippen LogP contribution in [0.25, 0.3) is 23.3 Å². The highest BCUT2D eigenvalue weighted by Gasteiger charge is 2.43. The summed E-state index contributed by atoms with van der Waals surface area (Å²) in [4.78, 5) is 4.90. The summed E-state index contributed by atoms with van der Waals surface area (Å²) in [5.41, 5.74) is 18.2. The first-order valence-corrected chi connectivity index (χ1v) is 20.9. The normalized spacial score (nSPS) is 19.2. The molecule has 6 aromatic rings. The Bertz CT molecular complexity index is 2630. The molecule has 2 nitrogen and oxygen atoms in total. The highest BCUT2D eigenvalue weighted by molar-refractivity contribution is 5.87. The van der Waals surface area contributed by atoms with Crippen LogP contribution in [-0.4, -0.2) is 6.04 Å². The third-order valence-electron chi connectivity index (χ3n) is 13.1. The molecule has 0 spiro atoms. The molecule has 6 aromatic carbocycles. The fourth-order valence-electron chi connectivity index (χ4n) is 10.1. The minimum atomic E-state index is -0.141. The van der Waals surface area contributed by atoms with Gasteiger partial charge in [-0.3, -0.25) is 0 Å². The van der Waals surface area contributed by atoms with Gasteiger partial charge in [-0.2, -0.15) is 0 Å². The Kier molecular flexibility index (Phi) is 8.82. The maximum absolute atomic E-state index is 2.54. The smallest absolute Gasteiger partial charge is 0.0559 e. The van der Waals surface area contributed by atoms with E-state index in [1.54, 1.807) is 0 Å². The predicted molar refractivity (Wildman–Crippen MR) is 246 cm³/mol. The summed E-state index contributed by atoms with van der Waals surface area (Å²) >= 11 is 0. The summed E-state index contributed by atoms with van der Waals surface area (Å²) in [6, 6.07) is 53.8. The van der Waals surface area contributed by atoms with Gasteiger partial charge in [-0.25, -0.2) is 0 Å². The van der Waals surface area contributed by atoms with Crippen molar-refractivity contribution in [1.82, 2.24) is 0 Å². The molecule has 0 radical (unpaired) electrons. The first kappa shape index (κ1) is 36.0. The van der Waals surface area contributed by atoms with Crippen molar-refractivity contribution in [3.8, 4) is 11.1 Å². The lowest BCUT2D eigenvalue weighted by Crippen LogP contribution is -2.34. The number of benzene rings is 6. The third kappa shape index (κ3) is 6.10. The summed E-state index contributed by atoms with van der Waals surface area (Å²) in [7, 11) is 0. The SMILES string of the molecule is CC1(C)C2=CC(N(c3ccccc3)C3C=CC=CC3)=CCC2c2ccc(/C=C/c3ccc4c(c3)C(C)(C)c3cc(N(c5ccccc5)c5ccccc5)ccc3-4)cc21. The van der Waals surface area contributed by atoms with E-state index in [0.717, 1.165) is 24.2 Å². The predicted octanol–water partition coefficient (Wildman–Crippen LogP) is 14.6. The van der Waals surface area contributed by atoms with Crippen molar-refractivity contribution in [3.63, 3.8) is 0 Å². The van der Waals surface area contributed by atoms with Crippen molar-refractivity contribution in [1.29, 1.82) is 0 Å². The van der Waals surface area contributed by atoms with E-state index in [0.29, 0.717) is 12.0 Å². The van der Waals surface area contributed by atoms with Crippen molar-refractivity contribution in [2.45, 2.75) is 63.3 Å². The second kappa shape index (κ2) is 14.2. The van der Waals surface area contributed by atoms with Crippen LogP contribution in [0.3, 0.4) is 0 Å². The fourth-order valence-corrected chi connectivity index (χ4v) is 10.1. The van der Waals surface area contributed by atoms with E-state index in [1.165, 1.54) is 67.2 Å². The molecule has 0 aliphatic heterocycles. The van der Waals surface area contributed by atoms with E-state index in [-0.39, 0.29) is 10.8 Å². The van der Waals surface area contributed by atoms with Crippen molar-refractivity contribution in [3.05, 3.63) is 227 Å². The van der Waals surface area contributed by atoms with Crippen molar-refractivity contribution < 1.29 is 0 Å². The van der Waals surface area contributed by atoms with Crippen LogP contribution in [-0.2, 0) is 10.8 Å². The minimum Gasteiger partial charge on any atom is -0.335 e. The fraction of sp³-hybridized carbons (Fsp3) is 0.179. The van der Waals surface area contributed by atoms with Gasteiger partial charge in [-0.15, -0.1) is 0 Å². The molecule has 0 N–H and O–H groups in total. The lowest BCUT2D eigenvalue weighted by molar-refractivity contribution is 0.606. The van der Waals surface area contributed by atoms with E-state index >= 15 is 0 Å². The van der Waals surface area contributed by atoms with Crippen LogP contribution in [0.2, 0.25) is 0 Å². The molecule has 0 amide bonds. The molecule has 2 heteroatoms. The number of hydrogen-bond donors (Lipinski definition) is 0. The average molecular weight is 751 g/mol. The maximum atomic E-state index is 2.54. The Balaban J connectivity index is 0.925. The summed E-state index contributed by atoms with van der Waals surface area (Å²) < 4.78 is 0. The van der Waals surface area contributed by atoms with Gasteiger partial charge in [0.25, 0.3) is 0 Å². The zero-order valence-corrected chi connectivity index (χ0v) is 33.9. The first-order chi connectivity index (χ1) is 28.3. The van der Waals surface area contributed by atoms with Gasteiger partial charge < -0.3 is 9.80 Å². The molecule has 2 unspecified atom stereocenters. The topological polar surface area (TPSA) is 6.48 Å². The van der Waals surface area contributed by atoms with Gasteiger partial charge in [-0.1, -0.05) is 173 Å².